The van der Waals surface area contributed by atoms with Gasteiger partial charge in [0.15, 0.2) is 5.82 Å². The predicted molar refractivity (Wildman–Crippen MR) is 69.4 cm³/mol. The van der Waals surface area contributed by atoms with Crippen LogP contribution in [0.5, 0.6) is 0 Å². The van der Waals surface area contributed by atoms with Crippen LogP contribution in [0.3, 0.4) is 0 Å². The molecule has 2 atom stereocenters. The fraction of sp³-hybridized carbons (Fsp3) is 0.583. The van der Waals surface area contributed by atoms with E-state index < -0.39 is 0 Å². The van der Waals surface area contributed by atoms with Crippen molar-refractivity contribution in [1.29, 1.82) is 0 Å². The van der Waals surface area contributed by atoms with Crippen LogP contribution >= 0.6 is 0 Å². The number of anilines is 1. The van der Waals surface area contributed by atoms with Crippen molar-refractivity contribution in [1.82, 2.24) is 19.6 Å². The molecule has 2 unspecified atom stereocenters. The maximum Gasteiger partial charge on any atom is 0.203 e. The van der Waals surface area contributed by atoms with Crippen LogP contribution in [0, 0.1) is 5.92 Å². The third-order valence-corrected chi connectivity index (χ3v) is 3.83. The average molecular weight is 246 g/mol. The topological polar surface area (TPSA) is 72.3 Å². The van der Waals surface area contributed by atoms with Gasteiger partial charge in [0.05, 0.1) is 0 Å². The summed E-state index contributed by atoms with van der Waals surface area (Å²) >= 11 is 0. The molecule has 1 fully saturated rings. The quantitative estimate of drug-likeness (QED) is 0.844. The van der Waals surface area contributed by atoms with Crippen LogP contribution in [-0.4, -0.2) is 38.7 Å². The van der Waals surface area contributed by atoms with E-state index in [9.17, 15) is 0 Å². The molecule has 6 nitrogen and oxygen atoms in total. The van der Waals surface area contributed by atoms with Crippen LogP contribution < -0.4 is 10.6 Å². The molecule has 3 rings (SSSR count). The third kappa shape index (κ3) is 1.73. The van der Waals surface area contributed by atoms with Gasteiger partial charge in [-0.25, -0.2) is 4.98 Å². The van der Waals surface area contributed by atoms with Crippen molar-refractivity contribution in [3.05, 3.63) is 18.7 Å². The van der Waals surface area contributed by atoms with Gasteiger partial charge in [-0.15, -0.1) is 10.2 Å². The predicted octanol–water partition coefficient (Wildman–Crippen LogP) is 0.688. The van der Waals surface area contributed by atoms with Gasteiger partial charge in [-0.1, -0.05) is 6.92 Å². The Bertz CT molecular complexity index is 536. The molecule has 0 aliphatic carbocycles. The van der Waals surface area contributed by atoms with Gasteiger partial charge in [0.25, 0.3) is 0 Å². The first-order valence-electron chi connectivity index (χ1n) is 6.42. The average Bonchev–Trinajstić information content (AvgIpc) is 2.86. The van der Waals surface area contributed by atoms with E-state index in [1.807, 2.05) is 10.6 Å². The molecule has 2 N–H and O–H groups in total. The molecule has 6 heteroatoms. The standard InChI is InChI=1S/C12H18N6/c1-9-3-2-5-18(10(9)7-13)11-12-16-15-8-17(12)6-4-14-11/h4,6,8-10H,2-3,5,7,13H2,1H3. The highest BCUT2D eigenvalue weighted by molar-refractivity contribution is 5.64. The van der Waals surface area contributed by atoms with Crippen LogP contribution in [0.25, 0.3) is 5.65 Å². The highest BCUT2D eigenvalue weighted by Crippen LogP contribution is 2.28. The largest absolute Gasteiger partial charge is 0.349 e. The van der Waals surface area contributed by atoms with Gasteiger partial charge < -0.3 is 10.6 Å². The Morgan fingerprint density at radius 1 is 1.50 bits per heavy atom. The molecule has 0 bridgehead atoms. The SMILES string of the molecule is CC1CCCN(c2nccn3cnnc23)C1CN. The van der Waals surface area contributed by atoms with Crippen LogP contribution in [-0.2, 0) is 0 Å². The van der Waals surface area contributed by atoms with Gasteiger partial charge in [-0.2, -0.15) is 0 Å². The highest BCUT2D eigenvalue weighted by Gasteiger charge is 2.29. The second kappa shape index (κ2) is 4.53. The number of hydrogen-bond acceptors (Lipinski definition) is 5. The second-order valence-electron chi connectivity index (χ2n) is 4.93. The summed E-state index contributed by atoms with van der Waals surface area (Å²) in [5.41, 5.74) is 6.74. The van der Waals surface area contributed by atoms with E-state index in [-0.39, 0.29) is 0 Å². The molecule has 2 aromatic rings. The Balaban J connectivity index is 2.04. The minimum Gasteiger partial charge on any atom is -0.349 e. The molecule has 0 saturated carbocycles. The maximum absolute atomic E-state index is 5.93. The number of fused-ring (bicyclic) bond motifs is 1. The zero-order chi connectivity index (χ0) is 12.5. The van der Waals surface area contributed by atoms with Crippen molar-refractivity contribution < 1.29 is 0 Å². The molecule has 1 aliphatic rings. The minimum atomic E-state index is 0.342. The number of rotatable bonds is 2. The summed E-state index contributed by atoms with van der Waals surface area (Å²) in [6.07, 6.45) is 7.76. The summed E-state index contributed by atoms with van der Waals surface area (Å²) in [5.74, 6) is 1.49. The molecule has 96 valence electrons. The summed E-state index contributed by atoms with van der Waals surface area (Å²) in [6, 6.07) is 0.342. The van der Waals surface area contributed by atoms with Crippen molar-refractivity contribution in [3.8, 4) is 0 Å². The summed E-state index contributed by atoms with van der Waals surface area (Å²) in [4.78, 5) is 6.77. The number of piperidine rings is 1. The summed E-state index contributed by atoms with van der Waals surface area (Å²) in [5, 5.41) is 8.10. The lowest BCUT2D eigenvalue weighted by Crippen LogP contribution is -2.49. The maximum atomic E-state index is 5.93. The molecule has 0 radical (unpaired) electrons. The number of nitrogens with zero attached hydrogens (tertiary/aromatic N) is 5. The molecule has 0 amide bonds. The van der Waals surface area contributed by atoms with E-state index in [1.54, 1.807) is 12.5 Å². The van der Waals surface area contributed by atoms with Gasteiger partial charge in [-0.3, -0.25) is 4.40 Å². The normalized spacial score (nSPS) is 24.7. The van der Waals surface area contributed by atoms with Crippen molar-refractivity contribution in [2.45, 2.75) is 25.8 Å². The Morgan fingerprint density at radius 3 is 3.22 bits per heavy atom. The summed E-state index contributed by atoms with van der Waals surface area (Å²) in [7, 11) is 0. The molecular weight excluding hydrogens is 228 g/mol. The van der Waals surface area contributed by atoms with Crippen LogP contribution in [0.15, 0.2) is 18.7 Å². The Labute approximate surface area is 106 Å². The molecule has 3 heterocycles. The third-order valence-electron chi connectivity index (χ3n) is 3.83. The zero-order valence-corrected chi connectivity index (χ0v) is 10.5. The number of hydrogen-bond donors (Lipinski definition) is 1. The van der Waals surface area contributed by atoms with Gasteiger partial charge in [0.2, 0.25) is 5.65 Å². The molecule has 0 aromatic carbocycles. The zero-order valence-electron chi connectivity index (χ0n) is 10.5. The molecule has 1 aliphatic heterocycles. The van der Waals surface area contributed by atoms with Crippen LogP contribution in [0.1, 0.15) is 19.8 Å². The number of nitrogens with two attached hydrogens (primary N) is 1. The van der Waals surface area contributed by atoms with Crippen LogP contribution in [0.2, 0.25) is 0 Å². The fourth-order valence-electron chi connectivity index (χ4n) is 2.82. The first-order valence-corrected chi connectivity index (χ1v) is 6.42. The first kappa shape index (κ1) is 11.4. The van der Waals surface area contributed by atoms with Crippen molar-refractivity contribution in [2.24, 2.45) is 11.7 Å². The fourth-order valence-corrected chi connectivity index (χ4v) is 2.82. The van der Waals surface area contributed by atoms with E-state index in [0.717, 1.165) is 18.0 Å². The van der Waals surface area contributed by atoms with Gasteiger partial charge in [0.1, 0.15) is 6.33 Å². The van der Waals surface area contributed by atoms with E-state index in [1.165, 1.54) is 12.8 Å². The summed E-state index contributed by atoms with van der Waals surface area (Å²) in [6.45, 7) is 3.90. The smallest absolute Gasteiger partial charge is 0.203 e. The molecule has 1 saturated heterocycles. The molecular formula is C12H18N6. The highest BCUT2D eigenvalue weighted by atomic mass is 15.3. The Kier molecular flexibility index (Phi) is 2.87. The lowest BCUT2D eigenvalue weighted by molar-refractivity contribution is 0.348. The molecule has 0 spiro atoms. The summed E-state index contributed by atoms with van der Waals surface area (Å²) < 4.78 is 1.90. The van der Waals surface area contributed by atoms with Gasteiger partial charge in [-0.05, 0) is 18.8 Å². The van der Waals surface area contributed by atoms with Gasteiger partial charge in [0, 0.05) is 31.5 Å². The lowest BCUT2D eigenvalue weighted by atomic mass is 9.91. The van der Waals surface area contributed by atoms with Crippen LogP contribution in [0.4, 0.5) is 5.82 Å². The second-order valence-corrected chi connectivity index (χ2v) is 4.93. The van der Waals surface area contributed by atoms with E-state index in [0.29, 0.717) is 18.5 Å². The Hall–Kier alpha value is -1.69. The minimum absolute atomic E-state index is 0.342. The van der Waals surface area contributed by atoms with E-state index in [4.69, 9.17) is 5.73 Å². The Morgan fingerprint density at radius 2 is 2.39 bits per heavy atom. The van der Waals surface area contributed by atoms with E-state index in [2.05, 4.69) is 27.0 Å². The first-order chi connectivity index (χ1) is 8.81. The molecule has 2 aromatic heterocycles. The van der Waals surface area contributed by atoms with E-state index >= 15 is 0 Å². The number of aromatic nitrogens is 4. The monoisotopic (exact) mass is 246 g/mol. The lowest BCUT2D eigenvalue weighted by Gasteiger charge is -2.40. The molecule has 18 heavy (non-hydrogen) atoms. The van der Waals surface area contributed by atoms with Crippen molar-refractivity contribution >= 4 is 11.5 Å². The van der Waals surface area contributed by atoms with Crippen molar-refractivity contribution in [3.63, 3.8) is 0 Å². The van der Waals surface area contributed by atoms with Crippen molar-refractivity contribution in [2.75, 3.05) is 18.0 Å². The van der Waals surface area contributed by atoms with Gasteiger partial charge >= 0.3 is 0 Å².